The first-order chi connectivity index (χ1) is 13.6. The Morgan fingerprint density at radius 1 is 1.25 bits per heavy atom. The first kappa shape index (κ1) is 18.4. The normalized spacial score (nSPS) is 15.5. The van der Waals surface area contributed by atoms with Crippen molar-refractivity contribution in [1.29, 1.82) is 0 Å². The van der Waals surface area contributed by atoms with Gasteiger partial charge in [0.15, 0.2) is 0 Å². The number of carboxylic acids is 1. The molecule has 0 atom stereocenters. The molecule has 2 N–H and O–H groups in total. The van der Waals surface area contributed by atoms with Crippen molar-refractivity contribution in [3.8, 4) is 0 Å². The SMILES string of the molecule is Cc1c(C(=O)O)ccc2[nH]nc(/C=C/c3cccc(CN4CCOCC4)c3)c12. The third kappa shape index (κ3) is 3.83. The number of rotatable bonds is 5. The number of nitrogens with one attached hydrogen (secondary N) is 1. The number of morpholine rings is 1. The molecule has 1 fully saturated rings. The average Bonchev–Trinajstić information content (AvgIpc) is 3.11. The van der Waals surface area contributed by atoms with E-state index in [4.69, 9.17) is 4.74 Å². The van der Waals surface area contributed by atoms with Crippen molar-refractivity contribution in [1.82, 2.24) is 15.1 Å². The Morgan fingerprint density at radius 3 is 2.86 bits per heavy atom. The Labute approximate surface area is 163 Å². The van der Waals surface area contributed by atoms with E-state index in [2.05, 4.69) is 39.4 Å². The maximum atomic E-state index is 11.4. The summed E-state index contributed by atoms with van der Waals surface area (Å²) in [6, 6.07) is 11.8. The largest absolute Gasteiger partial charge is 0.478 e. The van der Waals surface area contributed by atoms with E-state index in [0.29, 0.717) is 5.56 Å². The highest BCUT2D eigenvalue weighted by Crippen LogP contribution is 2.25. The van der Waals surface area contributed by atoms with Crippen molar-refractivity contribution in [2.24, 2.45) is 0 Å². The number of aromatic nitrogens is 2. The number of H-pyrrole nitrogens is 1. The van der Waals surface area contributed by atoms with Gasteiger partial charge in [0, 0.05) is 25.0 Å². The van der Waals surface area contributed by atoms with E-state index in [1.54, 1.807) is 12.1 Å². The van der Waals surface area contributed by atoms with Gasteiger partial charge in [-0.15, -0.1) is 0 Å². The summed E-state index contributed by atoms with van der Waals surface area (Å²) in [4.78, 5) is 13.8. The zero-order chi connectivity index (χ0) is 19.5. The highest BCUT2D eigenvalue weighted by molar-refractivity contribution is 6.00. The first-order valence-corrected chi connectivity index (χ1v) is 9.40. The first-order valence-electron chi connectivity index (χ1n) is 9.40. The molecule has 0 radical (unpaired) electrons. The lowest BCUT2D eigenvalue weighted by molar-refractivity contribution is 0.0342. The molecule has 1 aliphatic rings. The van der Waals surface area contributed by atoms with Crippen molar-refractivity contribution in [2.45, 2.75) is 13.5 Å². The molecular formula is C22H23N3O3. The maximum Gasteiger partial charge on any atom is 0.335 e. The molecule has 6 heteroatoms. The zero-order valence-corrected chi connectivity index (χ0v) is 15.8. The fraction of sp³-hybridized carbons (Fsp3) is 0.273. The number of aromatic carboxylic acids is 1. The molecule has 3 aromatic rings. The van der Waals surface area contributed by atoms with Crippen LogP contribution in [-0.4, -0.2) is 52.5 Å². The van der Waals surface area contributed by atoms with Crippen molar-refractivity contribution in [2.75, 3.05) is 26.3 Å². The molecule has 1 saturated heterocycles. The van der Waals surface area contributed by atoms with Crippen molar-refractivity contribution in [3.05, 3.63) is 64.3 Å². The lowest BCUT2D eigenvalue weighted by Crippen LogP contribution is -2.35. The van der Waals surface area contributed by atoms with Gasteiger partial charge in [-0.2, -0.15) is 5.10 Å². The molecule has 0 saturated carbocycles. The van der Waals surface area contributed by atoms with Crippen LogP contribution in [-0.2, 0) is 11.3 Å². The highest BCUT2D eigenvalue weighted by atomic mass is 16.5. The van der Waals surface area contributed by atoms with E-state index in [-0.39, 0.29) is 0 Å². The number of hydrogen-bond donors (Lipinski definition) is 2. The summed E-state index contributed by atoms with van der Waals surface area (Å²) in [5.74, 6) is -0.925. The molecule has 28 heavy (non-hydrogen) atoms. The van der Waals surface area contributed by atoms with Crippen LogP contribution in [0.25, 0.3) is 23.1 Å². The summed E-state index contributed by atoms with van der Waals surface area (Å²) in [6.45, 7) is 6.25. The molecule has 0 spiro atoms. The second-order valence-corrected chi connectivity index (χ2v) is 7.04. The minimum atomic E-state index is -0.925. The molecule has 1 aliphatic heterocycles. The van der Waals surface area contributed by atoms with Crippen LogP contribution in [0.4, 0.5) is 0 Å². The minimum absolute atomic E-state index is 0.302. The molecule has 1 aromatic heterocycles. The average molecular weight is 377 g/mol. The van der Waals surface area contributed by atoms with E-state index in [1.165, 1.54) is 5.56 Å². The number of benzene rings is 2. The molecule has 0 unspecified atom stereocenters. The van der Waals surface area contributed by atoms with E-state index in [0.717, 1.165) is 60.6 Å². The number of aryl methyl sites for hydroxylation is 1. The summed E-state index contributed by atoms with van der Waals surface area (Å²) < 4.78 is 5.41. The Bertz CT molecular complexity index is 1030. The molecule has 2 aromatic carbocycles. The third-order valence-electron chi connectivity index (χ3n) is 5.14. The van der Waals surface area contributed by atoms with Gasteiger partial charge in [-0.05, 0) is 41.8 Å². The molecule has 0 aliphatic carbocycles. The predicted molar refractivity (Wildman–Crippen MR) is 109 cm³/mol. The van der Waals surface area contributed by atoms with E-state index in [1.807, 2.05) is 19.1 Å². The summed E-state index contributed by atoms with van der Waals surface area (Å²) >= 11 is 0. The topological polar surface area (TPSA) is 78.4 Å². The number of carbonyl (C=O) groups is 1. The van der Waals surface area contributed by atoms with Gasteiger partial charge in [0.25, 0.3) is 0 Å². The quantitative estimate of drug-likeness (QED) is 0.711. The minimum Gasteiger partial charge on any atom is -0.478 e. The molecule has 2 heterocycles. The van der Waals surface area contributed by atoms with Crippen LogP contribution >= 0.6 is 0 Å². The van der Waals surface area contributed by atoms with Crippen molar-refractivity contribution < 1.29 is 14.6 Å². The highest BCUT2D eigenvalue weighted by Gasteiger charge is 2.14. The van der Waals surface area contributed by atoms with Crippen molar-refractivity contribution in [3.63, 3.8) is 0 Å². The zero-order valence-electron chi connectivity index (χ0n) is 15.8. The van der Waals surface area contributed by atoms with Gasteiger partial charge < -0.3 is 9.84 Å². The van der Waals surface area contributed by atoms with E-state index in [9.17, 15) is 9.90 Å². The number of carboxylic acid groups (broad SMARTS) is 1. The number of fused-ring (bicyclic) bond motifs is 1. The van der Waals surface area contributed by atoms with Crippen LogP contribution < -0.4 is 0 Å². The summed E-state index contributed by atoms with van der Waals surface area (Å²) in [7, 11) is 0. The predicted octanol–water partition coefficient (Wildman–Crippen LogP) is 3.57. The molecule has 144 valence electrons. The monoisotopic (exact) mass is 377 g/mol. The van der Waals surface area contributed by atoms with Crippen LogP contribution in [0, 0.1) is 6.92 Å². The summed E-state index contributed by atoms with van der Waals surface area (Å²) in [5, 5.41) is 17.6. The summed E-state index contributed by atoms with van der Waals surface area (Å²) in [6.07, 6.45) is 3.95. The van der Waals surface area contributed by atoms with Crippen LogP contribution in [0.2, 0.25) is 0 Å². The Hall–Kier alpha value is -2.96. The van der Waals surface area contributed by atoms with Crippen LogP contribution in [0.1, 0.15) is 32.7 Å². The molecule has 6 nitrogen and oxygen atoms in total. The Morgan fingerprint density at radius 2 is 2.07 bits per heavy atom. The van der Waals surface area contributed by atoms with Gasteiger partial charge in [0.2, 0.25) is 0 Å². The molecule has 0 bridgehead atoms. The van der Waals surface area contributed by atoms with Crippen LogP contribution in [0.5, 0.6) is 0 Å². The summed E-state index contributed by atoms with van der Waals surface area (Å²) in [5.41, 5.74) is 4.96. The maximum absolute atomic E-state index is 11.4. The Balaban J connectivity index is 1.58. The van der Waals surface area contributed by atoms with Gasteiger partial charge >= 0.3 is 5.97 Å². The standard InChI is InChI=1S/C22H23N3O3/c1-15-18(22(26)27)6-8-20-21(15)19(23-24-20)7-5-16-3-2-4-17(13-16)14-25-9-11-28-12-10-25/h2-8,13H,9-12,14H2,1H3,(H,23,24)(H,26,27)/b7-5+. The van der Waals surface area contributed by atoms with E-state index < -0.39 is 5.97 Å². The van der Waals surface area contributed by atoms with Gasteiger partial charge in [0.05, 0.1) is 30.0 Å². The second-order valence-electron chi connectivity index (χ2n) is 7.04. The number of hydrogen-bond acceptors (Lipinski definition) is 4. The lowest BCUT2D eigenvalue weighted by atomic mass is 10.0. The second kappa shape index (κ2) is 7.96. The van der Waals surface area contributed by atoms with Gasteiger partial charge in [-0.25, -0.2) is 4.79 Å². The fourth-order valence-corrected chi connectivity index (χ4v) is 3.65. The van der Waals surface area contributed by atoms with Gasteiger partial charge in [-0.1, -0.05) is 30.3 Å². The van der Waals surface area contributed by atoms with Gasteiger partial charge in [-0.3, -0.25) is 10.00 Å². The van der Waals surface area contributed by atoms with Crippen LogP contribution in [0.15, 0.2) is 36.4 Å². The fourth-order valence-electron chi connectivity index (χ4n) is 3.65. The van der Waals surface area contributed by atoms with Gasteiger partial charge in [0.1, 0.15) is 0 Å². The van der Waals surface area contributed by atoms with E-state index >= 15 is 0 Å². The van der Waals surface area contributed by atoms with Crippen LogP contribution in [0.3, 0.4) is 0 Å². The number of aromatic amines is 1. The van der Waals surface area contributed by atoms with Crippen molar-refractivity contribution >= 4 is 29.0 Å². The lowest BCUT2D eigenvalue weighted by Gasteiger charge is -2.26. The molecule has 0 amide bonds. The number of nitrogens with zero attached hydrogens (tertiary/aromatic N) is 2. The number of ether oxygens (including phenoxy) is 1. The molecule has 4 rings (SSSR count). The molecular weight excluding hydrogens is 354 g/mol. The third-order valence-corrected chi connectivity index (χ3v) is 5.14. The Kier molecular flexibility index (Phi) is 5.23. The smallest absolute Gasteiger partial charge is 0.335 e.